The van der Waals surface area contributed by atoms with Crippen LogP contribution in [0.2, 0.25) is 0 Å². The van der Waals surface area contributed by atoms with E-state index >= 15 is 0 Å². The first-order chi connectivity index (χ1) is 12.6. The molecule has 1 heterocycles. The fourth-order valence-electron chi connectivity index (χ4n) is 4.45. The maximum absolute atomic E-state index is 10.6. The molecule has 5 heteroatoms. The monoisotopic (exact) mass is 360 g/mol. The van der Waals surface area contributed by atoms with Crippen molar-refractivity contribution in [3.8, 4) is 5.75 Å². The number of aliphatic carboxylic acids is 1. The molecule has 1 aromatic rings. The Hall–Kier alpha value is -1.59. The minimum absolute atomic E-state index is 0.284. The maximum atomic E-state index is 10.6. The molecule has 2 fully saturated rings. The van der Waals surface area contributed by atoms with Crippen LogP contribution < -0.4 is 10.1 Å². The fourth-order valence-corrected chi connectivity index (χ4v) is 4.45. The topological polar surface area (TPSA) is 61.8 Å². The van der Waals surface area contributed by atoms with Gasteiger partial charge in [0.05, 0.1) is 0 Å². The largest absolute Gasteiger partial charge is 0.482 e. The van der Waals surface area contributed by atoms with Crippen LogP contribution in [0.1, 0.15) is 50.0 Å². The highest BCUT2D eigenvalue weighted by atomic mass is 16.5. The summed E-state index contributed by atoms with van der Waals surface area (Å²) in [5.41, 5.74) is 1.35. The number of carboxylic acids is 1. The van der Waals surface area contributed by atoms with E-state index < -0.39 is 5.97 Å². The van der Waals surface area contributed by atoms with Crippen molar-refractivity contribution in [2.75, 3.05) is 33.3 Å². The normalized spacial score (nSPS) is 24.5. The first-order valence-electron chi connectivity index (χ1n) is 9.97. The molecule has 1 saturated carbocycles. The Bertz CT molecular complexity index is 561. The van der Waals surface area contributed by atoms with Gasteiger partial charge < -0.3 is 20.1 Å². The second-order valence-electron chi connectivity index (χ2n) is 7.89. The average Bonchev–Trinajstić information content (AvgIpc) is 2.68. The molecule has 0 radical (unpaired) electrons. The van der Waals surface area contributed by atoms with Gasteiger partial charge in [0, 0.05) is 12.6 Å². The summed E-state index contributed by atoms with van der Waals surface area (Å²) in [6.45, 7) is 3.31. The van der Waals surface area contributed by atoms with Crippen LogP contribution >= 0.6 is 0 Å². The van der Waals surface area contributed by atoms with Crippen LogP contribution in [-0.2, 0) is 4.79 Å². The Morgan fingerprint density at radius 3 is 2.38 bits per heavy atom. The smallest absolute Gasteiger partial charge is 0.341 e. The summed E-state index contributed by atoms with van der Waals surface area (Å²) in [7, 11) is 2.31. The van der Waals surface area contributed by atoms with Gasteiger partial charge in [-0.25, -0.2) is 4.79 Å². The summed E-state index contributed by atoms with van der Waals surface area (Å²) >= 11 is 0. The molecule has 1 aliphatic heterocycles. The van der Waals surface area contributed by atoms with Crippen LogP contribution in [0.15, 0.2) is 24.3 Å². The van der Waals surface area contributed by atoms with Crippen LogP contribution in [0.5, 0.6) is 5.75 Å². The lowest BCUT2D eigenvalue weighted by Gasteiger charge is -2.37. The van der Waals surface area contributed by atoms with Gasteiger partial charge in [0.25, 0.3) is 0 Å². The van der Waals surface area contributed by atoms with Crippen molar-refractivity contribution in [3.05, 3.63) is 29.8 Å². The second kappa shape index (κ2) is 9.38. The number of ether oxygens (including phenoxy) is 1. The van der Waals surface area contributed by atoms with Gasteiger partial charge in [0.15, 0.2) is 6.61 Å². The lowest BCUT2D eigenvalue weighted by molar-refractivity contribution is -0.139. The number of nitrogens with one attached hydrogen (secondary N) is 1. The van der Waals surface area contributed by atoms with Gasteiger partial charge in [-0.05, 0) is 88.2 Å². The van der Waals surface area contributed by atoms with Gasteiger partial charge >= 0.3 is 5.97 Å². The number of nitrogens with zero attached hydrogens (tertiary/aromatic N) is 1. The molecule has 144 valence electrons. The van der Waals surface area contributed by atoms with Crippen molar-refractivity contribution >= 4 is 5.97 Å². The molecule has 2 N–H and O–H groups in total. The summed E-state index contributed by atoms with van der Waals surface area (Å²) in [5, 5.41) is 12.1. The Kier molecular flexibility index (Phi) is 6.92. The van der Waals surface area contributed by atoms with Crippen LogP contribution in [-0.4, -0.2) is 55.3 Å². The van der Waals surface area contributed by atoms with Crippen LogP contribution in [0.25, 0.3) is 0 Å². The highest BCUT2D eigenvalue weighted by molar-refractivity contribution is 5.68. The minimum Gasteiger partial charge on any atom is -0.482 e. The molecule has 2 aliphatic rings. The van der Waals surface area contributed by atoms with Crippen molar-refractivity contribution < 1.29 is 14.6 Å². The standard InChI is InChI=1S/C21H32N2O3/c1-23(14-16-10-12-22-13-11-16)19-6-2-17(3-7-19)18-4-8-20(9-5-18)26-15-21(24)25/h4-5,8-9,16-17,19,22H,2-3,6-7,10-15H2,1H3,(H,24,25)/t17-,19-. The van der Waals surface area contributed by atoms with E-state index in [9.17, 15) is 4.79 Å². The van der Waals surface area contributed by atoms with Crippen molar-refractivity contribution in [1.82, 2.24) is 10.2 Å². The predicted molar refractivity (Wildman–Crippen MR) is 103 cm³/mol. The number of carbonyl (C=O) groups is 1. The van der Waals surface area contributed by atoms with Crippen molar-refractivity contribution in [2.45, 2.75) is 50.5 Å². The molecule has 5 nitrogen and oxygen atoms in total. The summed E-state index contributed by atoms with van der Waals surface area (Å²) in [6, 6.07) is 8.71. The summed E-state index contributed by atoms with van der Waals surface area (Å²) in [6.07, 6.45) is 7.63. The molecule has 1 aliphatic carbocycles. The van der Waals surface area contributed by atoms with Gasteiger partial charge in [-0.1, -0.05) is 12.1 Å². The Morgan fingerprint density at radius 1 is 1.12 bits per heavy atom. The van der Waals surface area contributed by atoms with Crippen LogP contribution in [0.4, 0.5) is 0 Å². The Balaban J connectivity index is 1.44. The van der Waals surface area contributed by atoms with Gasteiger partial charge in [0.2, 0.25) is 0 Å². The van der Waals surface area contributed by atoms with E-state index in [-0.39, 0.29) is 6.61 Å². The minimum atomic E-state index is -0.944. The van der Waals surface area contributed by atoms with E-state index in [4.69, 9.17) is 9.84 Å². The summed E-state index contributed by atoms with van der Waals surface area (Å²) in [4.78, 5) is 13.2. The van der Waals surface area contributed by atoms with Gasteiger partial charge in [-0.2, -0.15) is 0 Å². The number of hydrogen-bond donors (Lipinski definition) is 2. The summed E-state index contributed by atoms with van der Waals surface area (Å²) in [5.74, 6) is 1.16. The molecule has 0 bridgehead atoms. The molecule has 1 aromatic carbocycles. The highest BCUT2D eigenvalue weighted by Crippen LogP contribution is 2.35. The van der Waals surface area contributed by atoms with Crippen LogP contribution in [0.3, 0.4) is 0 Å². The van der Waals surface area contributed by atoms with Gasteiger partial charge in [0.1, 0.15) is 5.75 Å². The quantitative estimate of drug-likeness (QED) is 0.782. The van der Waals surface area contributed by atoms with Crippen molar-refractivity contribution in [2.24, 2.45) is 5.92 Å². The molecule has 0 amide bonds. The highest BCUT2D eigenvalue weighted by Gasteiger charge is 2.26. The third-order valence-electron chi connectivity index (χ3n) is 6.04. The zero-order chi connectivity index (χ0) is 18.4. The zero-order valence-electron chi connectivity index (χ0n) is 15.8. The molecule has 26 heavy (non-hydrogen) atoms. The van der Waals surface area contributed by atoms with Gasteiger partial charge in [-0.3, -0.25) is 0 Å². The molecular weight excluding hydrogens is 328 g/mol. The van der Waals surface area contributed by atoms with E-state index in [2.05, 4.69) is 29.4 Å². The predicted octanol–water partition coefficient (Wildman–Crippen LogP) is 3.11. The molecule has 0 unspecified atom stereocenters. The zero-order valence-corrected chi connectivity index (χ0v) is 15.8. The number of hydrogen-bond acceptors (Lipinski definition) is 4. The maximum Gasteiger partial charge on any atom is 0.341 e. The van der Waals surface area contributed by atoms with Gasteiger partial charge in [-0.15, -0.1) is 0 Å². The molecule has 0 spiro atoms. The SMILES string of the molecule is CN(CC1CCNCC1)[C@H]1CC[C@H](c2ccc(OCC(=O)O)cc2)CC1. The molecule has 0 atom stereocenters. The molecule has 1 saturated heterocycles. The molecule has 3 rings (SSSR count). The third kappa shape index (κ3) is 5.45. The lowest BCUT2D eigenvalue weighted by atomic mass is 9.81. The number of piperidine rings is 1. The van der Waals surface area contributed by atoms with E-state index in [1.165, 1.54) is 63.7 Å². The lowest BCUT2D eigenvalue weighted by Crippen LogP contribution is -2.40. The van der Waals surface area contributed by atoms with Crippen molar-refractivity contribution in [3.63, 3.8) is 0 Å². The Morgan fingerprint density at radius 2 is 1.77 bits per heavy atom. The second-order valence-corrected chi connectivity index (χ2v) is 7.89. The van der Waals surface area contributed by atoms with E-state index in [0.29, 0.717) is 11.7 Å². The van der Waals surface area contributed by atoms with Crippen LogP contribution in [0, 0.1) is 5.92 Å². The fraction of sp³-hybridized carbons (Fsp3) is 0.667. The first kappa shape index (κ1) is 19.2. The average molecular weight is 360 g/mol. The Labute approximate surface area is 156 Å². The third-order valence-corrected chi connectivity index (χ3v) is 6.04. The molecular formula is C21H32N2O3. The number of benzene rings is 1. The van der Waals surface area contributed by atoms with Crippen molar-refractivity contribution in [1.29, 1.82) is 0 Å². The number of rotatable bonds is 7. The number of carboxylic acid groups (broad SMARTS) is 1. The molecule has 0 aromatic heterocycles. The summed E-state index contributed by atoms with van der Waals surface area (Å²) < 4.78 is 5.22. The van der Waals surface area contributed by atoms with E-state index in [0.717, 1.165) is 12.0 Å². The van der Waals surface area contributed by atoms with E-state index in [1.807, 2.05) is 12.1 Å². The first-order valence-corrected chi connectivity index (χ1v) is 9.97. The van der Waals surface area contributed by atoms with E-state index in [1.54, 1.807) is 0 Å².